The highest BCUT2D eigenvalue weighted by atomic mass is 16.6. The number of nitrogens with one attached hydrogen (secondary N) is 1. The zero-order valence-electron chi connectivity index (χ0n) is 12.6. The maximum Gasteiger partial charge on any atom is 0.410 e. The quantitative estimate of drug-likeness (QED) is 0.855. The minimum absolute atomic E-state index is 0.137. The predicted molar refractivity (Wildman–Crippen MR) is 77.5 cm³/mol. The van der Waals surface area contributed by atoms with Crippen molar-refractivity contribution in [1.82, 2.24) is 15.2 Å². The van der Waals surface area contributed by atoms with Crippen molar-refractivity contribution in [2.24, 2.45) is 0 Å². The van der Waals surface area contributed by atoms with E-state index in [2.05, 4.69) is 16.4 Å². The highest BCUT2D eigenvalue weighted by Crippen LogP contribution is 2.19. The molecule has 1 fully saturated rings. The summed E-state index contributed by atoms with van der Waals surface area (Å²) in [4.78, 5) is 18.1. The van der Waals surface area contributed by atoms with E-state index < -0.39 is 5.60 Å². The average molecular weight is 277 g/mol. The highest BCUT2D eigenvalue weighted by molar-refractivity contribution is 5.68. The Morgan fingerprint density at radius 3 is 2.90 bits per heavy atom. The van der Waals surface area contributed by atoms with Crippen molar-refractivity contribution >= 4 is 6.09 Å². The van der Waals surface area contributed by atoms with E-state index in [9.17, 15) is 4.79 Å². The van der Waals surface area contributed by atoms with Gasteiger partial charge in [-0.05, 0) is 45.4 Å². The average Bonchev–Trinajstić information content (AvgIpc) is 2.37. The van der Waals surface area contributed by atoms with Crippen LogP contribution in [0.3, 0.4) is 0 Å². The number of hydrogen-bond donors (Lipinski definition) is 1. The molecule has 5 nitrogen and oxygen atoms in total. The first-order valence-electron chi connectivity index (χ1n) is 6.99. The summed E-state index contributed by atoms with van der Waals surface area (Å²) in [5.41, 5.74) is 1.69. The van der Waals surface area contributed by atoms with E-state index in [1.165, 1.54) is 0 Å². The van der Waals surface area contributed by atoms with Crippen LogP contribution in [-0.2, 0) is 4.74 Å². The van der Waals surface area contributed by atoms with Crippen molar-refractivity contribution in [3.05, 3.63) is 29.6 Å². The number of hydrogen-bond acceptors (Lipinski definition) is 4. The van der Waals surface area contributed by atoms with Crippen molar-refractivity contribution in [2.45, 2.75) is 39.3 Å². The second-order valence-electron chi connectivity index (χ2n) is 6.16. The van der Waals surface area contributed by atoms with Gasteiger partial charge in [0.2, 0.25) is 0 Å². The van der Waals surface area contributed by atoms with Crippen molar-refractivity contribution in [3.8, 4) is 0 Å². The molecule has 0 aliphatic carbocycles. The molecule has 0 saturated carbocycles. The lowest BCUT2D eigenvalue weighted by molar-refractivity contribution is 0.0195. The largest absolute Gasteiger partial charge is 0.444 e. The molecule has 2 heterocycles. The fraction of sp³-hybridized carbons (Fsp3) is 0.600. The van der Waals surface area contributed by atoms with Crippen molar-refractivity contribution in [2.75, 3.05) is 19.6 Å². The van der Waals surface area contributed by atoms with Crippen LogP contribution in [0.1, 0.15) is 38.1 Å². The Hall–Kier alpha value is -1.62. The molecule has 1 aliphatic rings. The van der Waals surface area contributed by atoms with Crippen LogP contribution in [0.4, 0.5) is 4.79 Å². The number of carbonyl (C=O) groups is 1. The summed E-state index contributed by atoms with van der Waals surface area (Å²) < 4.78 is 5.43. The number of ether oxygens (including phenoxy) is 1. The van der Waals surface area contributed by atoms with Crippen LogP contribution < -0.4 is 5.32 Å². The molecule has 0 aromatic carbocycles. The molecular weight excluding hydrogens is 254 g/mol. The maximum atomic E-state index is 12.1. The zero-order chi connectivity index (χ0) is 14.8. The van der Waals surface area contributed by atoms with Crippen LogP contribution in [-0.4, -0.2) is 41.2 Å². The van der Waals surface area contributed by atoms with Crippen molar-refractivity contribution < 1.29 is 9.53 Å². The number of pyridine rings is 1. The third-order valence-electron chi connectivity index (χ3n) is 3.15. The summed E-state index contributed by atoms with van der Waals surface area (Å²) in [6.45, 7) is 9.70. The van der Waals surface area contributed by atoms with Crippen LogP contribution >= 0.6 is 0 Å². The van der Waals surface area contributed by atoms with Gasteiger partial charge in [-0.1, -0.05) is 0 Å². The lowest BCUT2D eigenvalue weighted by atomic mass is 10.1. The monoisotopic (exact) mass is 277 g/mol. The molecule has 20 heavy (non-hydrogen) atoms. The molecule has 0 bridgehead atoms. The van der Waals surface area contributed by atoms with E-state index in [1.807, 2.05) is 33.8 Å². The molecule has 1 atom stereocenters. The Labute approximate surface area is 120 Å². The third kappa shape index (κ3) is 3.93. The zero-order valence-corrected chi connectivity index (χ0v) is 12.6. The highest BCUT2D eigenvalue weighted by Gasteiger charge is 2.28. The number of nitrogens with zero attached hydrogens (tertiary/aromatic N) is 2. The fourth-order valence-corrected chi connectivity index (χ4v) is 2.25. The summed E-state index contributed by atoms with van der Waals surface area (Å²) in [5, 5.41) is 3.43. The molecule has 1 aliphatic heterocycles. The van der Waals surface area contributed by atoms with E-state index in [-0.39, 0.29) is 12.1 Å². The number of amides is 1. The Bertz CT molecular complexity index is 482. The topological polar surface area (TPSA) is 54.5 Å². The van der Waals surface area contributed by atoms with Crippen LogP contribution in [0.15, 0.2) is 18.3 Å². The second-order valence-corrected chi connectivity index (χ2v) is 6.16. The molecular formula is C15H23N3O2. The summed E-state index contributed by atoms with van der Waals surface area (Å²) in [5.74, 6) is 0. The molecule has 0 radical (unpaired) electrons. The molecule has 1 aromatic heterocycles. The van der Waals surface area contributed by atoms with E-state index in [1.54, 1.807) is 11.1 Å². The predicted octanol–water partition coefficient (Wildman–Crippen LogP) is 2.27. The first kappa shape index (κ1) is 14.8. The van der Waals surface area contributed by atoms with Gasteiger partial charge in [0.05, 0.1) is 6.04 Å². The normalized spacial score (nSPS) is 19.8. The van der Waals surface area contributed by atoms with Gasteiger partial charge in [-0.15, -0.1) is 0 Å². The second kappa shape index (κ2) is 5.79. The Morgan fingerprint density at radius 1 is 1.50 bits per heavy atom. The van der Waals surface area contributed by atoms with Crippen LogP contribution in [0.2, 0.25) is 0 Å². The van der Waals surface area contributed by atoms with Crippen LogP contribution in [0.25, 0.3) is 0 Å². The molecule has 0 spiro atoms. The standard InChI is InChI=1S/C15H23N3O2/c1-11-9-12(5-6-16-11)13-10-18(8-7-17-13)14(19)20-15(2,3)4/h5-6,9,13,17H,7-8,10H2,1-4H3. The smallest absolute Gasteiger partial charge is 0.410 e. The first-order valence-corrected chi connectivity index (χ1v) is 6.99. The number of aryl methyl sites for hydroxylation is 1. The Balaban J connectivity index is 2.03. The molecule has 2 rings (SSSR count). The number of aromatic nitrogens is 1. The number of rotatable bonds is 1. The minimum atomic E-state index is -0.454. The lowest BCUT2D eigenvalue weighted by Crippen LogP contribution is -2.49. The molecule has 1 amide bonds. The number of piperazine rings is 1. The summed E-state index contributed by atoms with van der Waals surface area (Å²) in [6, 6.07) is 4.18. The van der Waals surface area contributed by atoms with Gasteiger partial charge >= 0.3 is 6.09 Å². The van der Waals surface area contributed by atoms with Gasteiger partial charge in [-0.2, -0.15) is 0 Å². The summed E-state index contributed by atoms with van der Waals surface area (Å²) in [6.07, 6.45) is 1.56. The lowest BCUT2D eigenvalue weighted by Gasteiger charge is -2.35. The molecule has 1 saturated heterocycles. The van der Waals surface area contributed by atoms with Gasteiger partial charge in [0.1, 0.15) is 5.60 Å². The third-order valence-corrected chi connectivity index (χ3v) is 3.15. The number of carbonyl (C=O) groups excluding carboxylic acids is 1. The van der Waals surface area contributed by atoms with E-state index in [0.717, 1.165) is 17.8 Å². The molecule has 110 valence electrons. The molecule has 1 N–H and O–H groups in total. The maximum absolute atomic E-state index is 12.1. The van der Waals surface area contributed by atoms with E-state index >= 15 is 0 Å². The van der Waals surface area contributed by atoms with Crippen molar-refractivity contribution in [1.29, 1.82) is 0 Å². The van der Waals surface area contributed by atoms with Crippen molar-refractivity contribution in [3.63, 3.8) is 0 Å². The van der Waals surface area contributed by atoms with Gasteiger partial charge in [-0.3, -0.25) is 4.98 Å². The Kier molecular flexibility index (Phi) is 4.28. The molecule has 1 aromatic rings. The van der Waals surface area contributed by atoms with Gasteiger partial charge in [0.15, 0.2) is 0 Å². The van der Waals surface area contributed by atoms with Crippen LogP contribution in [0.5, 0.6) is 0 Å². The van der Waals surface area contributed by atoms with Gasteiger partial charge in [0.25, 0.3) is 0 Å². The van der Waals surface area contributed by atoms with E-state index in [0.29, 0.717) is 13.1 Å². The van der Waals surface area contributed by atoms with Gasteiger partial charge in [-0.25, -0.2) is 4.79 Å². The Morgan fingerprint density at radius 2 is 2.25 bits per heavy atom. The fourth-order valence-electron chi connectivity index (χ4n) is 2.25. The van der Waals surface area contributed by atoms with Crippen LogP contribution in [0, 0.1) is 6.92 Å². The molecule has 1 unspecified atom stereocenters. The SMILES string of the molecule is Cc1cc(C2CN(C(=O)OC(C)(C)C)CCN2)ccn1. The van der Waals surface area contributed by atoms with Gasteiger partial charge < -0.3 is 15.0 Å². The molecule has 5 heteroatoms. The first-order chi connectivity index (χ1) is 9.35. The van der Waals surface area contributed by atoms with E-state index in [4.69, 9.17) is 4.74 Å². The summed E-state index contributed by atoms with van der Waals surface area (Å²) >= 11 is 0. The minimum Gasteiger partial charge on any atom is -0.444 e. The summed E-state index contributed by atoms with van der Waals surface area (Å²) in [7, 11) is 0. The van der Waals surface area contributed by atoms with Gasteiger partial charge in [0, 0.05) is 31.5 Å².